The summed E-state index contributed by atoms with van der Waals surface area (Å²) in [4.78, 5) is 0. The zero-order valence-corrected chi connectivity index (χ0v) is 6.81. The van der Waals surface area contributed by atoms with Crippen molar-refractivity contribution in [2.24, 2.45) is 0 Å². The van der Waals surface area contributed by atoms with Crippen LogP contribution in [0.2, 0.25) is 5.31 Å². The summed E-state index contributed by atoms with van der Waals surface area (Å²) < 4.78 is 10.6. The van der Waals surface area contributed by atoms with Gasteiger partial charge in [0, 0.05) is 0 Å². The molecule has 4 heteroatoms. The van der Waals surface area contributed by atoms with Gasteiger partial charge in [0.15, 0.2) is 0 Å². The number of rotatable bonds is 0. The first-order chi connectivity index (χ1) is 4.61. The maximum absolute atomic E-state index is 5.31. The van der Waals surface area contributed by atoms with E-state index in [4.69, 9.17) is 9.31 Å². The van der Waals surface area contributed by atoms with Crippen molar-refractivity contribution in [3.63, 3.8) is 0 Å². The molecule has 1 N–H and O–H groups in total. The highest BCUT2D eigenvalue weighted by atomic mass is 16.6. The third kappa shape index (κ3) is 1.97. The monoisotopic (exact) mass is 143 g/mol. The van der Waals surface area contributed by atoms with Gasteiger partial charge in [0.1, 0.15) is 0 Å². The average Bonchev–Trinajstić information content (AvgIpc) is 1.88. The van der Waals surface area contributed by atoms with E-state index in [0.717, 1.165) is 0 Å². The van der Waals surface area contributed by atoms with Gasteiger partial charge in [-0.15, -0.1) is 0 Å². The Labute approximate surface area is 62.2 Å². The molecule has 1 rings (SSSR count). The van der Waals surface area contributed by atoms with E-state index in [2.05, 4.69) is 26.1 Å². The van der Waals surface area contributed by atoms with E-state index < -0.39 is 0 Å². The number of hydrogen-bond donors (Lipinski definition) is 1. The minimum absolute atomic E-state index is 0.0613. The molecular formula is C6H14BNO2. The Morgan fingerprint density at radius 1 is 1.20 bits per heavy atom. The Morgan fingerprint density at radius 3 is 2.00 bits per heavy atom. The first-order valence-electron chi connectivity index (χ1n) is 3.54. The summed E-state index contributed by atoms with van der Waals surface area (Å²) in [6, 6.07) is 0. The third-order valence-corrected chi connectivity index (χ3v) is 1.38. The standard InChI is InChI=1S/C6H14BNO2/c1-6(2,3)7-9-4-8-5-10-7/h8H,4-5H2,1-3H3. The summed E-state index contributed by atoms with van der Waals surface area (Å²) in [5.41, 5.74) is 0. The van der Waals surface area contributed by atoms with Crippen molar-refractivity contribution in [3.8, 4) is 0 Å². The summed E-state index contributed by atoms with van der Waals surface area (Å²) in [6.07, 6.45) is 0. The van der Waals surface area contributed by atoms with Gasteiger partial charge < -0.3 is 9.31 Å². The molecule has 1 aliphatic rings. The predicted molar refractivity (Wildman–Crippen MR) is 40.5 cm³/mol. The van der Waals surface area contributed by atoms with Crippen molar-refractivity contribution in [1.82, 2.24) is 5.32 Å². The highest BCUT2D eigenvalue weighted by Gasteiger charge is 2.35. The molecule has 0 radical (unpaired) electrons. The molecule has 0 spiro atoms. The topological polar surface area (TPSA) is 30.5 Å². The van der Waals surface area contributed by atoms with Gasteiger partial charge in [0.2, 0.25) is 0 Å². The van der Waals surface area contributed by atoms with Crippen molar-refractivity contribution in [2.45, 2.75) is 26.1 Å². The Bertz CT molecular complexity index is 107. The number of nitrogens with one attached hydrogen (secondary N) is 1. The van der Waals surface area contributed by atoms with Crippen molar-refractivity contribution < 1.29 is 9.31 Å². The Hall–Kier alpha value is -0.0551. The summed E-state index contributed by atoms with van der Waals surface area (Å²) >= 11 is 0. The first kappa shape index (κ1) is 8.05. The van der Waals surface area contributed by atoms with E-state index in [1.54, 1.807) is 0 Å². The van der Waals surface area contributed by atoms with Gasteiger partial charge in [-0.25, -0.2) is 0 Å². The second-order valence-corrected chi connectivity index (χ2v) is 3.57. The smallest absolute Gasteiger partial charge is 0.398 e. The van der Waals surface area contributed by atoms with Gasteiger partial charge in [0.05, 0.1) is 13.5 Å². The van der Waals surface area contributed by atoms with Crippen molar-refractivity contribution in [1.29, 1.82) is 0 Å². The second kappa shape index (κ2) is 2.90. The maximum atomic E-state index is 5.31. The van der Waals surface area contributed by atoms with Crippen molar-refractivity contribution >= 4 is 7.12 Å². The highest BCUT2D eigenvalue weighted by Crippen LogP contribution is 2.28. The minimum atomic E-state index is -0.0613. The zero-order chi connectivity index (χ0) is 7.61. The van der Waals surface area contributed by atoms with Gasteiger partial charge in [-0.3, -0.25) is 5.32 Å². The molecule has 1 aliphatic heterocycles. The lowest BCUT2D eigenvalue weighted by molar-refractivity contribution is 0.0922. The lowest BCUT2D eigenvalue weighted by atomic mass is 9.61. The Balaban J connectivity index is 2.39. The quantitative estimate of drug-likeness (QED) is 0.509. The summed E-state index contributed by atoms with van der Waals surface area (Å²) in [5, 5.41) is 3.03. The van der Waals surface area contributed by atoms with E-state index in [9.17, 15) is 0 Å². The second-order valence-electron chi connectivity index (χ2n) is 3.57. The zero-order valence-electron chi connectivity index (χ0n) is 6.81. The summed E-state index contributed by atoms with van der Waals surface area (Å²) in [5.74, 6) is 0. The average molecular weight is 143 g/mol. The largest absolute Gasteiger partial charge is 0.464 e. The summed E-state index contributed by atoms with van der Waals surface area (Å²) in [6.45, 7) is 7.50. The summed E-state index contributed by atoms with van der Waals surface area (Å²) in [7, 11) is -0.0613. The van der Waals surface area contributed by atoms with Crippen LogP contribution in [0, 0.1) is 0 Å². The van der Waals surface area contributed by atoms with Crippen LogP contribution in [0.15, 0.2) is 0 Å². The van der Waals surface area contributed by atoms with E-state index >= 15 is 0 Å². The maximum Gasteiger partial charge on any atom is 0.464 e. The molecule has 0 bridgehead atoms. The van der Waals surface area contributed by atoms with Crippen LogP contribution in [0.4, 0.5) is 0 Å². The minimum Gasteiger partial charge on any atom is -0.398 e. The third-order valence-electron chi connectivity index (χ3n) is 1.38. The molecule has 0 aliphatic carbocycles. The molecule has 0 aromatic heterocycles. The van der Waals surface area contributed by atoms with Crippen LogP contribution in [0.5, 0.6) is 0 Å². The molecule has 1 saturated heterocycles. The van der Waals surface area contributed by atoms with Crippen molar-refractivity contribution in [3.05, 3.63) is 0 Å². The molecule has 0 unspecified atom stereocenters. The molecule has 0 saturated carbocycles. The molecule has 0 aromatic carbocycles. The lowest BCUT2D eigenvalue weighted by Gasteiger charge is -2.29. The van der Waals surface area contributed by atoms with Crippen LogP contribution >= 0.6 is 0 Å². The van der Waals surface area contributed by atoms with Crippen LogP contribution in [-0.4, -0.2) is 20.6 Å². The molecule has 1 fully saturated rings. The molecule has 3 nitrogen and oxygen atoms in total. The van der Waals surface area contributed by atoms with Gasteiger partial charge in [0.25, 0.3) is 0 Å². The fourth-order valence-electron chi connectivity index (χ4n) is 0.859. The fourth-order valence-corrected chi connectivity index (χ4v) is 0.859. The van der Waals surface area contributed by atoms with Gasteiger partial charge >= 0.3 is 7.12 Å². The molecule has 0 atom stereocenters. The SMILES string of the molecule is CC(C)(C)B1OCNCO1. The van der Waals surface area contributed by atoms with Gasteiger partial charge in [-0.1, -0.05) is 20.8 Å². The molecule has 10 heavy (non-hydrogen) atoms. The molecular weight excluding hydrogens is 129 g/mol. The Morgan fingerprint density at radius 2 is 1.70 bits per heavy atom. The van der Waals surface area contributed by atoms with Crippen molar-refractivity contribution in [2.75, 3.05) is 13.5 Å². The predicted octanol–water partition coefficient (Wildman–Crippen LogP) is 0.826. The van der Waals surface area contributed by atoms with Gasteiger partial charge in [-0.2, -0.15) is 0 Å². The lowest BCUT2D eigenvalue weighted by Crippen LogP contribution is -2.44. The van der Waals surface area contributed by atoms with Crippen LogP contribution in [0.3, 0.4) is 0 Å². The van der Waals surface area contributed by atoms with E-state index in [1.807, 2.05) is 0 Å². The Kier molecular flexibility index (Phi) is 2.34. The van der Waals surface area contributed by atoms with Crippen LogP contribution in [-0.2, 0) is 9.31 Å². The van der Waals surface area contributed by atoms with Crippen LogP contribution in [0.1, 0.15) is 20.8 Å². The first-order valence-corrected chi connectivity index (χ1v) is 3.54. The fraction of sp³-hybridized carbons (Fsp3) is 1.00. The van der Waals surface area contributed by atoms with E-state index in [0.29, 0.717) is 13.5 Å². The normalized spacial score (nSPS) is 21.3. The van der Waals surface area contributed by atoms with Crippen LogP contribution in [0.25, 0.3) is 0 Å². The highest BCUT2D eigenvalue weighted by molar-refractivity contribution is 6.48. The van der Waals surface area contributed by atoms with E-state index in [-0.39, 0.29) is 12.4 Å². The molecule has 0 amide bonds. The number of hydrogen-bond acceptors (Lipinski definition) is 3. The molecule has 58 valence electrons. The van der Waals surface area contributed by atoms with Gasteiger partial charge in [-0.05, 0) is 5.31 Å². The molecule has 1 heterocycles. The van der Waals surface area contributed by atoms with E-state index in [1.165, 1.54) is 0 Å². The molecule has 0 aromatic rings. The van der Waals surface area contributed by atoms with Crippen LogP contribution < -0.4 is 5.32 Å².